The molecular weight excluding hydrogens is 461 g/mol. The summed E-state index contributed by atoms with van der Waals surface area (Å²) in [7, 11) is -1.77. The molecule has 0 amide bonds. The van der Waals surface area contributed by atoms with Crippen LogP contribution in [-0.4, -0.2) is 76.5 Å². The molecule has 172 valence electrons. The van der Waals surface area contributed by atoms with E-state index in [1.807, 2.05) is 0 Å². The smallest absolute Gasteiger partial charge is 0.194 e. The van der Waals surface area contributed by atoms with Crippen molar-refractivity contribution in [3.63, 3.8) is 0 Å². The van der Waals surface area contributed by atoms with Gasteiger partial charge >= 0.3 is 0 Å². The third-order valence-corrected chi connectivity index (χ3v) is 7.37. The van der Waals surface area contributed by atoms with Gasteiger partial charge in [-0.2, -0.15) is 0 Å². The van der Waals surface area contributed by atoms with Crippen LogP contribution in [0.4, 0.5) is 15.2 Å². The van der Waals surface area contributed by atoms with Gasteiger partial charge in [-0.05, 0) is 51.0 Å². The molecule has 11 heteroatoms. The van der Waals surface area contributed by atoms with Crippen molar-refractivity contribution < 1.29 is 13.7 Å². The molecule has 1 aliphatic rings. The second-order valence-electron chi connectivity index (χ2n) is 7.36. The number of nitrogens with one attached hydrogen (secondary N) is 2. The summed E-state index contributed by atoms with van der Waals surface area (Å²) in [4.78, 5) is 8.76. The predicted molar refractivity (Wildman–Crippen MR) is 126 cm³/mol. The van der Waals surface area contributed by atoms with Crippen molar-refractivity contribution in [1.82, 2.24) is 14.8 Å². The lowest BCUT2D eigenvalue weighted by Crippen LogP contribution is -2.33. The lowest BCUT2D eigenvalue weighted by Gasteiger charge is -2.21. The first-order valence-electron chi connectivity index (χ1n) is 10.4. The van der Waals surface area contributed by atoms with E-state index in [0.29, 0.717) is 22.4 Å². The minimum atomic E-state index is -1.77. The minimum absolute atomic E-state index is 0.00200. The zero-order chi connectivity index (χ0) is 22.1. The van der Waals surface area contributed by atoms with Crippen LogP contribution in [0.25, 0.3) is 0 Å². The molecule has 1 aromatic heterocycles. The Morgan fingerprint density at radius 2 is 1.97 bits per heavy atom. The van der Waals surface area contributed by atoms with Crippen LogP contribution in [0.2, 0.25) is 5.02 Å². The van der Waals surface area contributed by atoms with Crippen molar-refractivity contribution in [2.75, 3.05) is 62.5 Å². The first kappa shape index (κ1) is 24.3. The molecule has 0 saturated carbocycles. The zero-order valence-electron chi connectivity index (χ0n) is 17.4. The summed E-state index contributed by atoms with van der Waals surface area (Å²) in [5, 5.41) is 14.8. The van der Waals surface area contributed by atoms with Gasteiger partial charge in [0.15, 0.2) is 16.1 Å². The molecule has 1 aromatic carbocycles. The summed E-state index contributed by atoms with van der Waals surface area (Å²) in [5.41, 5.74) is 0.503. The van der Waals surface area contributed by atoms with E-state index < -0.39 is 16.8 Å². The summed E-state index contributed by atoms with van der Waals surface area (Å²) >= 11 is 7.57. The van der Waals surface area contributed by atoms with Gasteiger partial charge in [-0.15, -0.1) is 11.3 Å². The Labute approximate surface area is 194 Å². The highest BCUT2D eigenvalue weighted by molar-refractivity contribution is 7.86. The lowest BCUT2D eigenvalue weighted by molar-refractivity contribution is 0.196. The van der Waals surface area contributed by atoms with Gasteiger partial charge in [-0.1, -0.05) is 11.6 Å². The van der Waals surface area contributed by atoms with Gasteiger partial charge in [-0.25, -0.2) is 13.6 Å². The van der Waals surface area contributed by atoms with Crippen LogP contribution in [0.15, 0.2) is 28.6 Å². The van der Waals surface area contributed by atoms with Gasteiger partial charge in [0.25, 0.3) is 0 Å². The van der Waals surface area contributed by atoms with Crippen LogP contribution in [0.1, 0.15) is 19.3 Å². The quantitative estimate of drug-likeness (QED) is 0.420. The number of aliphatic hydroxyl groups is 1. The number of hydrogen-bond donors (Lipinski definition) is 3. The average Bonchev–Trinajstić information content (AvgIpc) is 3.15. The second kappa shape index (κ2) is 12.7. The Morgan fingerprint density at radius 1 is 1.19 bits per heavy atom. The third kappa shape index (κ3) is 7.65. The second-order valence-corrected chi connectivity index (χ2v) is 9.85. The van der Waals surface area contributed by atoms with Gasteiger partial charge in [0.2, 0.25) is 0 Å². The summed E-state index contributed by atoms with van der Waals surface area (Å²) < 4.78 is 29.5. The maximum absolute atomic E-state index is 14.5. The fourth-order valence-electron chi connectivity index (χ4n) is 3.51. The number of β-amino-alcohol motifs (C(OH)–C–C–N with tert-alkyl or cyclic N) is 1. The molecule has 3 rings (SSSR count). The van der Waals surface area contributed by atoms with Gasteiger partial charge in [0.05, 0.1) is 22.2 Å². The molecule has 0 radical (unpaired) electrons. The number of nitrogens with zero attached hydrogens (tertiary/aromatic N) is 3. The van der Waals surface area contributed by atoms with Crippen molar-refractivity contribution in [3.8, 4) is 0 Å². The van der Waals surface area contributed by atoms with E-state index in [1.165, 1.54) is 23.5 Å². The van der Waals surface area contributed by atoms with Crippen LogP contribution in [0.5, 0.6) is 0 Å². The monoisotopic (exact) mass is 489 g/mol. The molecule has 7 nitrogen and oxygen atoms in total. The maximum atomic E-state index is 14.5. The van der Waals surface area contributed by atoms with E-state index in [2.05, 4.69) is 24.8 Å². The predicted octanol–water partition coefficient (Wildman–Crippen LogP) is 3.26. The highest BCUT2D eigenvalue weighted by atomic mass is 35.5. The molecular formula is C20H29ClFN5O2S2. The topological polar surface area (TPSA) is 80.7 Å². The van der Waals surface area contributed by atoms with Crippen LogP contribution in [0.3, 0.4) is 0 Å². The van der Waals surface area contributed by atoms with E-state index in [4.69, 9.17) is 16.7 Å². The van der Waals surface area contributed by atoms with E-state index in [1.54, 1.807) is 11.6 Å². The van der Waals surface area contributed by atoms with Crippen molar-refractivity contribution >= 4 is 44.7 Å². The van der Waals surface area contributed by atoms with Crippen molar-refractivity contribution in [1.29, 1.82) is 0 Å². The number of halogens is 2. The molecule has 0 bridgehead atoms. The summed E-state index contributed by atoms with van der Waals surface area (Å²) in [5.74, 6) is -0.578. The molecule has 2 aromatic rings. The number of thiazole rings is 1. The Bertz CT molecular complexity index is 843. The Morgan fingerprint density at radius 3 is 2.68 bits per heavy atom. The van der Waals surface area contributed by atoms with Crippen molar-refractivity contribution in [2.24, 2.45) is 0 Å². The van der Waals surface area contributed by atoms with Gasteiger partial charge in [0, 0.05) is 37.8 Å². The SMILES string of the molecule is O=S(Nc1nccs1)c1cc(Cl)c(NCCCCN2CCCN(CCO)CC2)cc1F. The third-order valence-electron chi connectivity index (χ3n) is 5.15. The normalized spacial score (nSPS) is 16.7. The van der Waals surface area contributed by atoms with E-state index >= 15 is 0 Å². The van der Waals surface area contributed by atoms with Gasteiger partial charge in [0.1, 0.15) is 5.82 Å². The molecule has 0 aliphatic carbocycles. The Balaban J connectivity index is 1.41. The van der Waals surface area contributed by atoms with Gasteiger partial charge in [-0.3, -0.25) is 9.62 Å². The number of hydrogen-bond acceptors (Lipinski definition) is 7. The first-order valence-corrected chi connectivity index (χ1v) is 12.8. The number of aliphatic hydroxyl groups excluding tert-OH is 1. The molecule has 1 saturated heterocycles. The van der Waals surface area contributed by atoms with Gasteiger partial charge < -0.3 is 15.3 Å². The lowest BCUT2D eigenvalue weighted by atomic mass is 10.2. The number of anilines is 2. The number of unbranched alkanes of at least 4 members (excludes halogenated alkanes) is 1. The molecule has 3 N–H and O–H groups in total. The van der Waals surface area contributed by atoms with Crippen LogP contribution < -0.4 is 10.0 Å². The number of rotatable bonds is 11. The Kier molecular flexibility index (Phi) is 9.95. The zero-order valence-corrected chi connectivity index (χ0v) is 19.7. The fraction of sp³-hybridized carbons (Fsp3) is 0.550. The van der Waals surface area contributed by atoms with E-state index in [0.717, 1.165) is 58.5 Å². The molecule has 1 fully saturated rings. The molecule has 0 spiro atoms. The Hall–Kier alpha value is -1.30. The molecule has 1 aliphatic heterocycles. The molecule has 1 unspecified atom stereocenters. The molecule has 2 heterocycles. The average molecular weight is 490 g/mol. The summed E-state index contributed by atoms with van der Waals surface area (Å²) in [6.45, 7) is 6.83. The minimum Gasteiger partial charge on any atom is -0.395 e. The van der Waals surface area contributed by atoms with Crippen LogP contribution in [-0.2, 0) is 11.0 Å². The summed E-state index contributed by atoms with van der Waals surface area (Å²) in [6.07, 6.45) is 4.68. The standard InChI is InChI=1S/C20H29ClFN5O2S2/c21-16-14-19(31(29)25-20-24-5-13-30-20)17(22)15-18(16)23-4-1-2-6-26-7-3-8-27(10-9-26)11-12-28/h5,13-15,23,28H,1-4,6-12H2,(H,24,25). The highest BCUT2D eigenvalue weighted by Gasteiger charge is 2.16. The highest BCUT2D eigenvalue weighted by Crippen LogP contribution is 2.28. The van der Waals surface area contributed by atoms with Crippen molar-refractivity contribution in [2.45, 2.75) is 24.2 Å². The number of benzene rings is 1. The van der Waals surface area contributed by atoms with E-state index in [9.17, 15) is 8.60 Å². The summed E-state index contributed by atoms with van der Waals surface area (Å²) in [6, 6.07) is 2.69. The fourth-order valence-corrected chi connectivity index (χ4v) is 5.38. The number of aromatic nitrogens is 1. The van der Waals surface area contributed by atoms with Crippen LogP contribution in [0, 0.1) is 5.82 Å². The van der Waals surface area contributed by atoms with Crippen molar-refractivity contribution in [3.05, 3.63) is 34.5 Å². The maximum Gasteiger partial charge on any atom is 0.194 e. The largest absolute Gasteiger partial charge is 0.395 e. The molecule has 31 heavy (non-hydrogen) atoms. The van der Waals surface area contributed by atoms with Crippen LogP contribution >= 0.6 is 22.9 Å². The first-order chi connectivity index (χ1) is 15.1. The molecule has 1 atom stereocenters. The van der Waals surface area contributed by atoms with E-state index in [-0.39, 0.29) is 11.5 Å².